The van der Waals surface area contributed by atoms with E-state index >= 15 is 0 Å². The summed E-state index contributed by atoms with van der Waals surface area (Å²) in [4.78, 5) is 18.9. The first kappa shape index (κ1) is 22.3. The van der Waals surface area contributed by atoms with Crippen LogP contribution in [0.15, 0.2) is 43.0 Å². The van der Waals surface area contributed by atoms with Crippen molar-refractivity contribution in [1.29, 1.82) is 0 Å². The Balaban J connectivity index is 1.53. The molecule has 0 bridgehead atoms. The van der Waals surface area contributed by atoms with Crippen LogP contribution in [0.3, 0.4) is 0 Å². The maximum atomic E-state index is 5.68. The van der Waals surface area contributed by atoms with Crippen LogP contribution in [0.25, 0.3) is 5.69 Å². The third-order valence-corrected chi connectivity index (χ3v) is 6.64. The third kappa shape index (κ3) is 3.87. The van der Waals surface area contributed by atoms with Crippen molar-refractivity contribution < 1.29 is 4.74 Å². The molecule has 5 rings (SSSR count). The average Bonchev–Trinajstić information content (AvgIpc) is 3.46. The summed E-state index contributed by atoms with van der Waals surface area (Å²) >= 11 is 0. The summed E-state index contributed by atoms with van der Waals surface area (Å²) in [5.74, 6) is 2.83. The third-order valence-electron chi connectivity index (χ3n) is 6.64. The van der Waals surface area contributed by atoms with Gasteiger partial charge in [-0.05, 0) is 44.2 Å². The molecule has 0 spiro atoms. The number of likely N-dealkylation sites (N-methyl/N-ethyl adjacent to an activating group) is 1. The van der Waals surface area contributed by atoms with E-state index in [0.717, 1.165) is 71.5 Å². The lowest BCUT2D eigenvalue weighted by atomic mass is 10.0. The van der Waals surface area contributed by atoms with E-state index in [-0.39, 0.29) is 0 Å². The van der Waals surface area contributed by atoms with Gasteiger partial charge in [-0.2, -0.15) is 4.98 Å². The first-order valence-corrected chi connectivity index (χ1v) is 11.9. The molecule has 2 aliphatic heterocycles. The van der Waals surface area contributed by atoms with Gasteiger partial charge in [-0.25, -0.2) is 9.97 Å². The minimum Gasteiger partial charge on any atom is -0.494 e. The molecule has 1 fully saturated rings. The predicted molar refractivity (Wildman–Crippen MR) is 137 cm³/mol. The summed E-state index contributed by atoms with van der Waals surface area (Å²) in [5, 5.41) is 3.44. The van der Waals surface area contributed by atoms with Crippen molar-refractivity contribution in [3.8, 4) is 11.4 Å². The number of aromatic nitrogens is 4. The molecule has 0 aliphatic carbocycles. The fraction of sp³-hybridized carbons (Fsp3) is 0.423. The number of aryl methyl sites for hydroxylation is 1. The average molecular weight is 460 g/mol. The topological polar surface area (TPSA) is 71.3 Å². The lowest BCUT2D eigenvalue weighted by Gasteiger charge is -2.41. The van der Waals surface area contributed by atoms with Crippen LogP contribution in [-0.2, 0) is 6.42 Å². The molecule has 1 atom stereocenters. The second-order valence-electron chi connectivity index (χ2n) is 9.60. The molecule has 1 saturated heterocycles. The molecular weight excluding hydrogens is 426 g/mol. The number of nitrogens with one attached hydrogen (secondary N) is 1. The molecule has 2 aromatic heterocycles. The van der Waals surface area contributed by atoms with E-state index in [2.05, 4.69) is 47.6 Å². The number of fused-ring (bicyclic) bond motifs is 3. The summed E-state index contributed by atoms with van der Waals surface area (Å²) in [5.41, 5.74) is 6.03. The van der Waals surface area contributed by atoms with Gasteiger partial charge in [0.25, 0.3) is 0 Å². The normalized spacial score (nSPS) is 17.2. The van der Waals surface area contributed by atoms with Crippen LogP contribution in [0.4, 0.5) is 23.1 Å². The summed E-state index contributed by atoms with van der Waals surface area (Å²) in [6.45, 7) is 11.8. The van der Waals surface area contributed by atoms with Crippen LogP contribution < -0.4 is 19.9 Å². The summed E-state index contributed by atoms with van der Waals surface area (Å²) in [7, 11) is 3.78. The molecule has 8 nitrogen and oxygen atoms in total. The largest absolute Gasteiger partial charge is 0.494 e. The summed E-state index contributed by atoms with van der Waals surface area (Å²) in [6, 6.07) is 6.32. The maximum Gasteiger partial charge on any atom is 0.229 e. The van der Waals surface area contributed by atoms with E-state index in [1.165, 1.54) is 0 Å². The SMILES string of the molecule is C=C1C2CCCN2c2nc(Nc3ccc(-n4cnc(C)c4)c(OC)c3)nc(CC(C)C)c2N1C. The van der Waals surface area contributed by atoms with Crippen LogP contribution in [0.5, 0.6) is 5.75 Å². The molecule has 1 N–H and O–H groups in total. The lowest BCUT2D eigenvalue weighted by molar-refractivity contribution is 0.413. The van der Waals surface area contributed by atoms with Crippen LogP contribution in [-0.4, -0.2) is 46.3 Å². The van der Waals surface area contributed by atoms with Crippen molar-refractivity contribution in [1.82, 2.24) is 19.5 Å². The van der Waals surface area contributed by atoms with Crippen molar-refractivity contribution in [2.75, 3.05) is 35.8 Å². The predicted octanol–water partition coefficient (Wildman–Crippen LogP) is 4.85. The van der Waals surface area contributed by atoms with Gasteiger partial charge in [-0.1, -0.05) is 20.4 Å². The first-order chi connectivity index (χ1) is 16.4. The molecular formula is C26H33N7O. The quantitative estimate of drug-likeness (QED) is 0.565. The fourth-order valence-corrected chi connectivity index (χ4v) is 5.00. The van der Waals surface area contributed by atoms with Crippen LogP contribution in [0, 0.1) is 12.8 Å². The summed E-state index contributed by atoms with van der Waals surface area (Å²) in [6.07, 6.45) is 6.91. The van der Waals surface area contributed by atoms with E-state index in [9.17, 15) is 0 Å². The number of hydrogen-bond acceptors (Lipinski definition) is 7. The van der Waals surface area contributed by atoms with Gasteiger partial charge in [-0.3, -0.25) is 0 Å². The Morgan fingerprint density at radius 2 is 2.09 bits per heavy atom. The number of imidazole rings is 1. The van der Waals surface area contributed by atoms with E-state index in [1.807, 2.05) is 35.9 Å². The first-order valence-electron chi connectivity index (χ1n) is 11.9. The summed E-state index contributed by atoms with van der Waals surface area (Å²) < 4.78 is 7.65. The highest BCUT2D eigenvalue weighted by Gasteiger charge is 2.38. The minimum absolute atomic E-state index is 0.310. The lowest BCUT2D eigenvalue weighted by Crippen LogP contribution is -2.43. The highest BCUT2D eigenvalue weighted by Crippen LogP contribution is 2.44. The van der Waals surface area contributed by atoms with Crippen molar-refractivity contribution in [2.45, 2.75) is 46.1 Å². The van der Waals surface area contributed by atoms with Gasteiger partial charge in [0.1, 0.15) is 11.4 Å². The van der Waals surface area contributed by atoms with Gasteiger partial charge in [0.05, 0.1) is 36.6 Å². The number of ether oxygens (including phenoxy) is 1. The number of hydrogen-bond donors (Lipinski definition) is 1. The number of anilines is 4. The molecule has 0 radical (unpaired) electrons. The molecule has 34 heavy (non-hydrogen) atoms. The van der Waals surface area contributed by atoms with Gasteiger partial charge in [0.2, 0.25) is 5.95 Å². The van der Waals surface area contributed by atoms with E-state index in [0.29, 0.717) is 17.9 Å². The molecule has 3 aromatic rings. The van der Waals surface area contributed by atoms with Crippen molar-refractivity contribution in [3.05, 3.63) is 54.4 Å². The zero-order valence-electron chi connectivity index (χ0n) is 20.7. The molecule has 8 heteroatoms. The maximum absolute atomic E-state index is 5.68. The van der Waals surface area contributed by atoms with Crippen molar-refractivity contribution in [3.63, 3.8) is 0 Å². The van der Waals surface area contributed by atoms with Crippen molar-refractivity contribution >= 4 is 23.1 Å². The zero-order chi connectivity index (χ0) is 24.0. The van der Waals surface area contributed by atoms with Gasteiger partial charge in [0, 0.05) is 37.2 Å². The molecule has 4 heterocycles. The number of rotatable bonds is 6. The Hall–Kier alpha value is -3.55. The Morgan fingerprint density at radius 3 is 2.79 bits per heavy atom. The molecule has 1 unspecified atom stereocenters. The number of methoxy groups -OCH3 is 1. The fourth-order valence-electron chi connectivity index (χ4n) is 5.00. The van der Waals surface area contributed by atoms with Gasteiger partial charge >= 0.3 is 0 Å². The van der Waals surface area contributed by atoms with Crippen LogP contribution in [0.2, 0.25) is 0 Å². The minimum atomic E-state index is 0.310. The molecule has 1 aromatic carbocycles. The van der Waals surface area contributed by atoms with Gasteiger partial charge in [-0.15, -0.1) is 0 Å². The standard InChI is InChI=1S/C26H33N7O/c1-16(2)12-20-24-25(33-11-7-8-21(33)18(4)31(24)5)30-26(29-20)28-19-9-10-22(23(13-19)34-6)32-14-17(3)27-15-32/h9-10,13-16,21H,4,7-8,11-12H2,1-3,5-6H3,(H,28,29,30). The van der Waals surface area contributed by atoms with Gasteiger partial charge in [0.15, 0.2) is 5.82 Å². The van der Waals surface area contributed by atoms with E-state index in [1.54, 1.807) is 13.4 Å². The number of benzene rings is 1. The Labute approximate surface area is 201 Å². The highest BCUT2D eigenvalue weighted by atomic mass is 16.5. The van der Waals surface area contributed by atoms with Crippen molar-refractivity contribution in [2.24, 2.45) is 5.92 Å². The second kappa shape index (κ2) is 8.66. The Bertz CT molecular complexity index is 1230. The van der Waals surface area contributed by atoms with E-state index in [4.69, 9.17) is 14.7 Å². The smallest absolute Gasteiger partial charge is 0.229 e. The monoisotopic (exact) mass is 459 g/mol. The van der Waals surface area contributed by atoms with E-state index < -0.39 is 0 Å². The molecule has 2 aliphatic rings. The Kier molecular flexibility index (Phi) is 5.67. The highest BCUT2D eigenvalue weighted by molar-refractivity contribution is 5.78. The zero-order valence-corrected chi connectivity index (χ0v) is 20.7. The molecule has 0 saturated carbocycles. The second-order valence-corrected chi connectivity index (χ2v) is 9.60. The molecule has 0 amide bonds. The Morgan fingerprint density at radius 1 is 1.26 bits per heavy atom. The van der Waals surface area contributed by atoms with Crippen LogP contribution in [0.1, 0.15) is 38.1 Å². The molecule has 178 valence electrons. The van der Waals surface area contributed by atoms with Crippen LogP contribution >= 0.6 is 0 Å². The number of nitrogens with zero attached hydrogens (tertiary/aromatic N) is 6. The van der Waals surface area contributed by atoms with Gasteiger partial charge < -0.3 is 24.4 Å².